The van der Waals surface area contributed by atoms with Crippen LogP contribution in [-0.4, -0.2) is 30.5 Å². The Bertz CT molecular complexity index is 1030. The molecular weight excluding hydrogens is 328 g/mol. The van der Waals surface area contributed by atoms with Gasteiger partial charge in [-0.15, -0.1) is 0 Å². The molecule has 1 aromatic carbocycles. The van der Waals surface area contributed by atoms with E-state index in [0.29, 0.717) is 24.2 Å². The van der Waals surface area contributed by atoms with Gasteiger partial charge in [0.15, 0.2) is 0 Å². The maximum atomic E-state index is 13.0. The van der Waals surface area contributed by atoms with Gasteiger partial charge in [0, 0.05) is 30.1 Å². The number of rotatable bonds is 2. The molecule has 2 aromatic rings. The summed E-state index contributed by atoms with van der Waals surface area (Å²) in [6, 6.07) is 6.39. The van der Waals surface area contributed by atoms with Crippen molar-refractivity contribution in [3.63, 3.8) is 0 Å². The van der Waals surface area contributed by atoms with Crippen molar-refractivity contribution in [2.24, 2.45) is 0 Å². The maximum absolute atomic E-state index is 13.0. The van der Waals surface area contributed by atoms with E-state index in [0.717, 1.165) is 15.1 Å². The lowest BCUT2D eigenvalue weighted by atomic mass is 9.93. The van der Waals surface area contributed by atoms with E-state index in [1.54, 1.807) is 12.1 Å². The summed E-state index contributed by atoms with van der Waals surface area (Å²) < 4.78 is 26.9. The lowest BCUT2D eigenvalue weighted by Gasteiger charge is -2.21. The number of carbonyl (C=O) groups is 2. The number of nitrogens with one attached hydrogen (secondary N) is 1. The Morgan fingerprint density at radius 3 is 2.54 bits per heavy atom. The summed E-state index contributed by atoms with van der Waals surface area (Å²) in [5.41, 5.74) is 2.67. The van der Waals surface area contributed by atoms with E-state index in [1.165, 1.54) is 24.4 Å². The standard InChI is InChI=1S/C17H14N2O4S/c1-10-2-4-12(5-3-10)24(22,23)19-9-11-6-7-18-13-8-14(20)17(21)16(19)15(11)13/h2-5,8-9,18H,6-7H2,1H3. The zero-order valence-corrected chi connectivity index (χ0v) is 13.7. The Morgan fingerprint density at radius 2 is 1.83 bits per heavy atom. The number of ketones is 2. The Hall–Kier alpha value is -2.67. The minimum atomic E-state index is -3.95. The minimum Gasteiger partial charge on any atom is -0.384 e. The van der Waals surface area contributed by atoms with Crippen molar-refractivity contribution in [2.75, 3.05) is 6.54 Å². The van der Waals surface area contributed by atoms with Crippen LogP contribution in [0.3, 0.4) is 0 Å². The monoisotopic (exact) mass is 342 g/mol. The van der Waals surface area contributed by atoms with E-state index >= 15 is 0 Å². The van der Waals surface area contributed by atoms with Gasteiger partial charge in [-0.05, 0) is 31.0 Å². The molecule has 0 atom stereocenters. The molecule has 0 fully saturated rings. The summed E-state index contributed by atoms with van der Waals surface area (Å²) in [7, 11) is -3.95. The molecule has 1 aliphatic carbocycles. The van der Waals surface area contributed by atoms with E-state index in [9.17, 15) is 18.0 Å². The summed E-state index contributed by atoms with van der Waals surface area (Å²) in [5, 5.41) is 3.06. The second-order valence-electron chi connectivity index (χ2n) is 5.92. The van der Waals surface area contributed by atoms with Gasteiger partial charge in [-0.2, -0.15) is 0 Å². The molecule has 0 spiro atoms. The van der Waals surface area contributed by atoms with Crippen molar-refractivity contribution in [2.45, 2.75) is 18.2 Å². The van der Waals surface area contributed by atoms with Crippen molar-refractivity contribution in [3.05, 3.63) is 58.9 Å². The van der Waals surface area contributed by atoms with Crippen LogP contribution in [0.1, 0.15) is 27.2 Å². The second kappa shape index (κ2) is 4.91. The first-order valence-corrected chi connectivity index (χ1v) is 8.94. The number of nitrogens with zero attached hydrogens (tertiary/aromatic N) is 1. The molecule has 6 nitrogen and oxygen atoms in total. The van der Waals surface area contributed by atoms with Crippen LogP contribution < -0.4 is 5.32 Å². The van der Waals surface area contributed by atoms with E-state index in [4.69, 9.17) is 0 Å². The lowest BCUT2D eigenvalue weighted by Crippen LogP contribution is -2.30. The van der Waals surface area contributed by atoms with Crippen molar-refractivity contribution in [1.29, 1.82) is 0 Å². The molecule has 1 N–H and O–H groups in total. The molecule has 2 aliphatic rings. The predicted octanol–water partition coefficient (Wildman–Crippen LogP) is 1.29. The van der Waals surface area contributed by atoms with Gasteiger partial charge >= 0.3 is 0 Å². The summed E-state index contributed by atoms with van der Waals surface area (Å²) in [6.45, 7) is 2.45. The number of Topliss-reactive ketones (excluding diaryl/α,β-unsaturated/α-hetero) is 1. The van der Waals surface area contributed by atoms with Crippen molar-refractivity contribution < 1.29 is 18.0 Å². The second-order valence-corrected chi connectivity index (χ2v) is 7.73. The summed E-state index contributed by atoms with van der Waals surface area (Å²) in [6.07, 6.45) is 3.30. The highest BCUT2D eigenvalue weighted by atomic mass is 32.2. The third kappa shape index (κ3) is 1.98. The first kappa shape index (κ1) is 14.9. The average molecular weight is 342 g/mol. The molecule has 0 radical (unpaired) electrons. The molecule has 122 valence electrons. The number of aromatic nitrogens is 1. The maximum Gasteiger partial charge on any atom is 0.268 e. The van der Waals surface area contributed by atoms with E-state index < -0.39 is 21.6 Å². The predicted molar refractivity (Wildman–Crippen MR) is 87.2 cm³/mol. The number of hydrogen-bond donors (Lipinski definition) is 1. The highest BCUT2D eigenvalue weighted by Gasteiger charge is 2.37. The Balaban J connectivity index is 1.99. The van der Waals surface area contributed by atoms with E-state index in [1.807, 2.05) is 6.92 Å². The molecule has 0 saturated heterocycles. The third-order valence-corrected chi connectivity index (χ3v) is 6.00. The highest BCUT2D eigenvalue weighted by molar-refractivity contribution is 7.90. The fourth-order valence-electron chi connectivity index (χ4n) is 3.11. The highest BCUT2D eigenvalue weighted by Crippen LogP contribution is 2.33. The quantitative estimate of drug-likeness (QED) is 0.831. The summed E-state index contributed by atoms with van der Waals surface area (Å²) in [4.78, 5) is 24.4. The molecule has 7 heteroatoms. The number of aryl methyl sites for hydroxylation is 1. The summed E-state index contributed by atoms with van der Waals surface area (Å²) in [5.74, 6) is -1.50. The van der Waals surface area contributed by atoms with Crippen molar-refractivity contribution >= 4 is 27.3 Å². The Morgan fingerprint density at radius 1 is 1.12 bits per heavy atom. The van der Waals surface area contributed by atoms with Crippen LogP contribution >= 0.6 is 0 Å². The molecular formula is C17H14N2O4S. The SMILES string of the molecule is Cc1ccc(S(=O)(=O)n2cc3c4c2C(=O)C(=O)C=C4NCC3)cc1. The molecule has 4 rings (SSSR count). The first-order valence-electron chi connectivity index (χ1n) is 7.50. The van der Waals surface area contributed by atoms with Crippen LogP contribution in [0.15, 0.2) is 41.4 Å². The van der Waals surface area contributed by atoms with Gasteiger partial charge in [0.2, 0.25) is 5.78 Å². The Labute approximate surface area is 138 Å². The number of carbonyl (C=O) groups excluding carboxylic acids is 2. The van der Waals surface area contributed by atoms with Crippen LogP contribution in [0.5, 0.6) is 0 Å². The summed E-state index contributed by atoms with van der Waals surface area (Å²) >= 11 is 0. The van der Waals surface area contributed by atoms with Crippen LogP contribution in [0.2, 0.25) is 0 Å². The van der Waals surface area contributed by atoms with E-state index in [-0.39, 0.29) is 10.6 Å². The zero-order valence-electron chi connectivity index (χ0n) is 12.9. The van der Waals surface area contributed by atoms with Gasteiger partial charge in [-0.3, -0.25) is 9.59 Å². The van der Waals surface area contributed by atoms with Gasteiger partial charge in [0.1, 0.15) is 5.69 Å². The topological polar surface area (TPSA) is 85.2 Å². The smallest absolute Gasteiger partial charge is 0.268 e. The van der Waals surface area contributed by atoms with Crippen molar-refractivity contribution in [3.8, 4) is 0 Å². The van der Waals surface area contributed by atoms with Gasteiger partial charge in [0.25, 0.3) is 15.8 Å². The van der Waals surface area contributed by atoms with Crippen LogP contribution in [0.4, 0.5) is 0 Å². The number of allylic oxidation sites excluding steroid dienone is 1. The molecule has 0 unspecified atom stereocenters. The van der Waals surface area contributed by atoms with Gasteiger partial charge < -0.3 is 5.32 Å². The largest absolute Gasteiger partial charge is 0.384 e. The Kier molecular flexibility index (Phi) is 3.05. The number of benzene rings is 1. The lowest BCUT2D eigenvalue weighted by molar-refractivity contribution is -0.111. The molecule has 0 amide bonds. The first-order chi connectivity index (χ1) is 11.4. The van der Waals surface area contributed by atoms with E-state index in [2.05, 4.69) is 5.32 Å². The zero-order chi connectivity index (χ0) is 17.1. The van der Waals surface area contributed by atoms with Crippen LogP contribution in [0.25, 0.3) is 5.70 Å². The van der Waals surface area contributed by atoms with Gasteiger partial charge in [0.05, 0.1) is 4.90 Å². The molecule has 2 heterocycles. The van der Waals surface area contributed by atoms with Crippen LogP contribution in [0, 0.1) is 6.92 Å². The normalized spacial score (nSPS) is 16.5. The van der Waals surface area contributed by atoms with Gasteiger partial charge in [-0.1, -0.05) is 17.7 Å². The fourth-order valence-corrected chi connectivity index (χ4v) is 4.49. The molecule has 1 aliphatic heterocycles. The number of hydrogen-bond acceptors (Lipinski definition) is 5. The fraction of sp³-hybridized carbons (Fsp3) is 0.176. The molecule has 1 aromatic heterocycles. The van der Waals surface area contributed by atoms with Gasteiger partial charge in [-0.25, -0.2) is 12.4 Å². The third-order valence-electron chi connectivity index (χ3n) is 4.32. The molecule has 0 bridgehead atoms. The average Bonchev–Trinajstić information content (AvgIpc) is 2.95. The molecule has 0 saturated carbocycles. The minimum absolute atomic E-state index is 0.0692. The van der Waals surface area contributed by atoms with Crippen LogP contribution in [-0.2, 0) is 21.2 Å². The van der Waals surface area contributed by atoms with Crippen molar-refractivity contribution in [1.82, 2.24) is 9.29 Å². The molecule has 24 heavy (non-hydrogen) atoms.